The number of esters is 1. The van der Waals surface area contributed by atoms with Crippen LogP contribution in [0.5, 0.6) is 0 Å². The molecule has 0 bridgehead atoms. The van der Waals surface area contributed by atoms with Gasteiger partial charge in [-0.15, -0.1) is 0 Å². The molecule has 0 fully saturated rings. The Morgan fingerprint density at radius 2 is 2.10 bits per heavy atom. The summed E-state index contributed by atoms with van der Waals surface area (Å²) in [6.45, 7) is 1.96. The van der Waals surface area contributed by atoms with Gasteiger partial charge < -0.3 is 9.29 Å². The molecule has 0 aromatic heterocycles. The summed E-state index contributed by atoms with van der Waals surface area (Å²) in [7, 11) is 1.11. The van der Waals surface area contributed by atoms with Gasteiger partial charge in [0, 0.05) is 11.3 Å². The Hall–Kier alpha value is -1.80. The molecule has 0 heterocycles. The predicted molar refractivity (Wildman–Crippen MR) is 75.7 cm³/mol. The van der Waals surface area contributed by atoms with Crippen molar-refractivity contribution < 1.29 is 23.2 Å². The smallest absolute Gasteiger partial charge is 0.344 e. The third-order valence-electron chi connectivity index (χ3n) is 3.03. The predicted octanol–water partition coefficient (Wildman–Crippen LogP) is 2.10. The van der Waals surface area contributed by atoms with Crippen LogP contribution < -0.4 is 0 Å². The van der Waals surface area contributed by atoms with Gasteiger partial charge in [-0.3, -0.25) is 14.3 Å². The summed E-state index contributed by atoms with van der Waals surface area (Å²) < 4.78 is 26.5. The summed E-state index contributed by atoms with van der Waals surface area (Å²) in [6.07, 6.45) is 2.16. The number of nitrogens with zero attached hydrogens (tertiary/aromatic N) is 1. The lowest BCUT2D eigenvalue weighted by molar-refractivity contribution is -0.385. The third kappa shape index (κ3) is 4.33. The van der Waals surface area contributed by atoms with Gasteiger partial charge in [-0.25, -0.2) is 4.79 Å². The van der Waals surface area contributed by atoms with Crippen LogP contribution in [0.4, 0.5) is 5.69 Å². The molecular formula is C13H16NO6S-. The number of rotatable bonds is 7. The lowest BCUT2D eigenvalue weighted by atomic mass is 9.98. The number of hydrogen-bond donors (Lipinski definition) is 0. The average Bonchev–Trinajstić information content (AvgIpc) is 2.43. The first-order valence-corrected chi connectivity index (χ1v) is 7.60. The molecule has 8 heteroatoms. The first kappa shape index (κ1) is 17.3. The molecular weight excluding hydrogens is 298 g/mol. The second kappa shape index (κ2) is 7.84. The fourth-order valence-electron chi connectivity index (χ4n) is 2.04. The van der Waals surface area contributed by atoms with E-state index in [4.69, 9.17) is 0 Å². The Balaban J connectivity index is 3.49. The lowest BCUT2D eigenvalue weighted by Gasteiger charge is -2.13. The van der Waals surface area contributed by atoms with E-state index < -0.39 is 33.4 Å². The van der Waals surface area contributed by atoms with Crippen molar-refractivity contribution in [3.63, 3.8) is 0 Å². The molecule has 0 spiro atoms. The number of methoxy groups -OCH3 is 1. The number of carbonyl (C=O) groups is 1. The summed E-state index contributed by atoms with van der Waals surface area (Å²) >= 11 is -2.49. The molecule has 1 atom stereocenters. The van der Waals surface area contributed by atoms with Crippen molar-refractivity contribution in [1.82, 2.24) is 0 Å². The minimum absolute atomic E-state index is 0.0599. The van der Waals surface area contributed by atoms with Crippen LogP contribution in [0.25, 0.3) is 0 Å². The van der Waals surface area contributed by atoms with Gasteiger partial charge in [0.15, 0.2) is 0 Å². The van der Waals surface area contributed by atoms with E-state index in [-0.39, 0.29) is 11.1 Å². The molecule has 21 heavy (non-hydrogen) atoms. The Labute approximate surface area is 124 Å². The normalized spacial score (nSPS) is 12.0. The minimum Gasteiger partial charge on any atom is -0.772 e. The van der Waals surface area contributed by atoms with E-state index in [1.807, 2.05) is 6.92 Å². The highest BCUT2D eigenvalue weighted by atomic mass is 32.2. The molecule has 0 saturated heterocycles. The highest BCUT2D eigenvalue weighted by molar-refractivity contribution is 7.78. The van der Waals surface area contributed by atoms with Crippen molar-refractivity contribution >= 4 is 22.7 Å². The molecule has 0 aliphatic rings. The SMILES string of the molecule is CCCCc1ccc(C(=O)OC)c([N+](=O)[O-])c1CS(=O)[O-]. The summed E-state index contributed by atoms with van der Waals surface area (Å²) in [5, 5.41) is 11.3. The van der Waals surface area contributed by atoms with Crippen molar-refractivity contribution in [2.75, 3.05) is 7.11 Å². The number of ether oxygens (including phenoxy) is 1. The summed E-state index contributed by atoms with van der Waals surface area (Å²) in [5.74, 6) is -1.36. The molecule has 0 aliphatic heterocycles. The van der Waals surface area contributed by atoms with Crippen LogP contribution in [0.2, 0.25) is 0 Å². The van der Waals surface area contributed by atoms with Gasteiger partial charge in [0.25, 0.3) is 5.69 Å². The van der Waals surface area contributed by atoms with Crippen molar-refractivity contribution in [1.29, 1.82) is 0 Å². The van der Waals surface area contributed by atoms with Crippen LogP contribution in [-0.4, -0.2) is 26.8 Å². The van der Waals surface area contributed by atoms with E-state index >= 15 is 0 Å². The van der Waals surface area contributed by atoms with E-state index in [1.165, 1.54) is 6.07 Å². The second-order valence-corrected chi connectivity index (χ2v) is 5.30. The summed E-state index contributed by atoms with van der Waals surface area (Å²) in [6, 6.07) is 2.86. The summed E-state index contributed by atoms with van der Waals surface area (Å²) in [5.41, 5.74) is -0.0899. The quantitative estimate of drug-likeness (QED) is 0.330. The minimum atomic E-state index is -2.49. The number of nitro benzene ring substituents is 1. The third-order valence-corrected chi connectivity index (χ3v) is 3.55. The molecule has 7 nitrogen and oxygen atoms in total. The molecule has 0 amide bonds. The maximum Gasteiger partial charge on any atom is 0.344 e. The standard InChI is InChI=1S/C13H17NO6S/c1-3-4-5-9-6-7-10(13(15)20-2)12(14(16)17)11(9)8-21(18)19/h6-7H,3-5,8H2,1-2H3,(H,18,19)/p-1. The van der Waals surface area contributed by atoms with Crippen molar-refractivity contribution in [2.45, 2.75) is 31.9 Å². The van der Waals surface area contributed by atoms with Crippen LogP contribution in [0.1, 0.15) is 41.3 Å². The maximum atomic E-state index is 11.6. The number of benzene rings is 1. The lowest BCUT2D eigenvalue weighted by Crippen LogP contribution is -2.11. The summed E-state index contributed by atoms with van der Waals surface area (Å²) in [4.78, 5) is 22.2. The van der Waals surface area contributed by atoms with Crippen molar-refractivity contribution in [3.05, 3.63) is 38.9 Å². The van der Waals surface area contributed by atoms with Gasteiger partial charge in [-0.05, 0) is 24.5 Å². The molecule has 0 saturated carbocycles. The zero-order chi connectivity index (χ0) is 16.0. The van der Waals surface area contributed by atoms with E-state index in [0.29, 0.717) is 12.0 Å². The van der Waals surface area contributed by atoms with Gasteiger partial charge in [0.05, 0.1) is 12.0 Å². The van der Waals surface area contributed by atoms with E-state index in [2.05, 4.69) is 4.74 Å². The largest absolute Gasteiger partial charge is 0.772 e. The van der Waals surface area contributed by atoms with Gasteiger partial charge in [0.1, 0.15) is 5.56 Å². The van der Waals surface area contributed by atoms with Gasteiger partial charge in [0.2, 0.25) is 0 Å². The number of carbonyl (C=O) groups excluding carboxylic acids is 1. The number of hydrogen-bond acceptors (Lipinski definition) is 6. The van der Waals surface area contributed by atoms with Crippen LogP contribution in [0.15, 0.2) is 12.1 Å². The van der Waals surface area contributed by atoms with E-state index in [1.54, 1.807) is 6.07 Å². The highest BCUT2D eigenvalue weighted by Crippen LogP contribution is 2.30. The Morgan fingerprint density at radius 1 is 1.43 bits per heavy atom. The molecule has 0 radical (unpaired) electrons. The van der Waals surface area contributed by atoms with Crippen LogP contribution >= 0.6 is 0 Å². The molecule has 1 rings (SSSR count). The number of unbranched alkanes of at least 4 members (excludes halogenated alkanes) is 1. The Kier molecular flexibility index (Phi) is 6.44. The van der Waals surface area contributed by atoms with Crippen LogP contribution in [0.3, 0.4) is 0 Å². The Bertz CT molecular complexity index is 572. The maximum absolute atomic E-state index is 11.6. The van der Waals surface area contributed by atoms with Crippen LogP contribution in [-0.2, 0) is 28.0 Å². The van der Waals surface area contributed by atoms with E-state index in [0.717, 1.165) is 20.0 Å². The second-order valence-electron chi connectivity index (χ2n) is 4.40. The average molecular weight is 314 g/mol. The molecule has 116 valence electrons. The van der Waals surface area contributed by atoms with Crippen LogP contribution in [0, 0.1) is 10.1 Å². The zero-order valence-corrected chi connectivity index (χ0v) is 12.6. The Morgan fingerprint density at radius 3 is 2.57 bits per heavy atom. The topological polar surface area (TPSA) is 110 Å². The van der Waals surface area contributed by atoms with Gasteiger partial charge in [-0.1, -0.05) is 30.5 Å². The monoisotopic (exact) mass is 314 g/mol. The highest BCUT2D eigenvalue weighted by Gasteiger charge is 2.27. The van der Waals surface area contributed by atoms with Crippen molar-refractivity contribution in [3.8, 4) is 0 Å². The molecule has 1 aromatic rings. The molecule has 1 aromatic carbocycles. The van der Waals surface area contributed by atoms with E-state index in [9.17, 15) is 23.7 Å². The number of aryl methyl sites for hydroxylation is 1. The number of nitro groups is 1. The zero-order valence-electron chi connectivity index (χ0n) is 11.8. The first-order chi connectivity index (χ1) is 9.92. The van der Waals surface area contributed by atoms with Gasteiger partial charge in [-0.2, -0.15) is 0 Å². The fraction of sp³-hybridized carbons (Fsp3) is 0.462. The molecule has 0 N–H and O–H groups in total. The van der Waals surface area contributed by atoms with Gasteiger partial charge >= 0.3 is 5.97 Å². The molecule has 0 aliphatic carbocycles. The van der Waals surface area contributed by atoms with Crippen molar-refractivity contribution in [2.24, 2.45) is 0 Å². The molecule has 1 unspecified atom stereocenters. The fourth-order valence-corrected chi connectivity index (χ4v) is 2.60. The first-order valence-electron chi connectivity index (χ1n) is 6.35.